The van der Waals surface area contributed by atoms with Crippen LogP contribution in [0.1, 0.15) is 24.8 Å². The summed E-state index contributed by atoms with van der Waals surface area (Å²) in [7, 11) is 0. The number of hydrogen-bond donors (Lipinski definition) is 1. The molecule has 2 atom stereocenters. The van der Waals surface area contributed by atoms with E-state index in [0.717, 1.165) is 18.4 Å². The van der Waals surface area contributed by atoms with E-state index in [1.165, 1.54) is 37.9 Å². The molecule has 0 amide bonds. The lowest BCUT2D eigenvalue weighted by molar-refractivity contribution is 0.299. The van der Waals surface area contributed by atoms with Gasteiger partial charge in [0, 0.05) is 19.1 Å². The summed E-state index contributed by atoms with van der Waals surface area (Å²) in [5, 5.41) is 0. The van der Waals surface area contributed by atoms with Crippen LogP contribution in [-0.2, 0) is 6.54 Å². The van der Waals surface area contributed by atoms with Gasteiger partial charge >= 0.3 is 0 Å². The minimum atomic E-state index is 0.468. The first-order valence-electron chi connectivity index (χ1n) is 6.85. The molecule has 1 aliphatic heterocycles. The minimum absolute atomic E-state index is 0.468. The lowest BCUT2D eigenvalue weighted by Gasteiger charge is -2.20. The van der Waals surface area contributed by atoms with Gasteiger partial charge in [-0.25, -0.2) is 0 Å². The third-order valence-corrected chi connectivity index (χ3v) is 4.27. The molecule has 1 heterocycles. The topological polar surface area (TPSA) is 29.3 Å². The van der Waals surface area contributed by atoms with Gasteiger partial charge in [-0.15, -0.1) is 0 Å². The number of rotatable bonds is 4. The third kappa shape index (κ3) is 2.70. The van der Waals surface area contributed by atoms with Crippen LogP contribution >= 0.6 is 0 Å². The second-order valence-electron chi connectivity index (χ2n) is 5.68. The van der Waals surface area contributed by atoms with Gasteiger partial charge in [0.25, 0.3) is 0 Å². The van der Waals surface area contributed by atoms with Crippen molar-refractivity contribution in [1.82, 2.24) is 4.90 Å². The van der Waals surface area contributed by atoms with Gasteiger partial charge in [-0.3, -0.25) is 4.90 Å². The van der Waals surface area contributed by atoms with Gasteiger partial charge in [0.2, 0.25) is 0 Å². The van der Waals surface area contributed by atoms with Gasteiger partial charge in [-0.1, -0.05) is 30.3 Å². The predicted octanol–water partition coefficient (Wildman–Crippen LogP) is 2.25. The van der Waals surface area contributed by atoms with Crippen LogP contribution in [0.25, 0.3) is 0 Å². The molecule has 2 unspecified atom stereocenters. The van der Waals surface area contributed by atoms with E-state index in [-0.39, 0.29) is 0 Å². The highest BCUT2D eigenvalue weighted by Crippen LogP contribution is 2.37. The Morgan fingerprint density at radius 3 is 2.59 bits per heavy atom. The average molecular weight is 230 g/mol. The summed E-state index contributed by atoms with van der Waals surface area (Å²) in [6, 6.07) is 11.2. The Kier molecular flexibility index (Phi) is 3.17. The second-order valence-corrected chi connectivity index (χ2v) is 5.68. The molecule has 0 aromatic heterocycles. The first-order chi connectivity index (χ1) is 8.33. The van der Waals surface area contributed by atoms with Crippen LogP contribution in [0, 0.1) is 11.8 Å². The van der Waals surface area contributed by atoms with E-state index < -0.39 is 0 Å². The van der Waals surface area contributed by atoms with Crippen LogP contribution in [0.5, 0.6) is 0 Å². The van der Waals surface area contributed by atoms with E-state index in [0.29, 0.717) is 6.04 Å². The van der Waals surface area contributed by atoms with Crippen molar-refractivity contribution < 1.29 is 0 Å². The van der Waals surface area contributed by atoms with Crippen molar-refractivity contribution >= 4 is 0 Å². The van der Waals surface area contributed by atoms with E-state index in [9.17, 15) is 0 Å². The Morgan fingerprint density at radius 2 is 1.88 bits per heavy atom. The highest BCUT2D eigenvalue weighted by molar-refractivity contribution is 5.14. The lowest BCUT2D eigenvalue weighted by Crippen LogP contribution is -2.34. The van der Waals surface area contributed by atoms with Crippen LogP contribution < -0.4 is 5.73 Å². The Hall–Kier alpha value is -0.860. The second kappa shape index (κ2) is 4.79. The molecule has 17 heavy (non-hydrogen) atoms. The molecule has 3 rings (SSSR count). The molecule has 2 fully saturated rings. The van der Waals surface area contributed by atoms with Crippen molar-refractivity contribution in [2.24, 2.45) is 17.6 Å². The molecule has 1 aliphatic carbocycles. The summed E-state index contributed by atoms with van der Waals surface area (Å²) in [6.45, 7) is 3.52. The van der Waals surface area contributed by atoms with Crippen molar-refractivity contribution in [3.8, 4) is 0 Å². The highest BCUT2D eigenvalue weighted by Gasteiger charge is 2.36. The highest BCUT2D eigenvalue weighted by atomic mass is 15.1. The molecule has 1 aromatic carbocycles. The van der Waals surface area contributed by atoms with Crippen molar-refractivity contribution in [1.29, 1.82) is 0 Å². The Balaban J connectivity index is 1.53. The summed E-state index contributed by atoms with van der Waals surface area (Å²) in [4.78, 5) is 2.56. The maximum atomic E-state index is 6.31. The van der Waals surface area contributed by atoms with Gasteiger partial charge in [0.05, 0.1) is 0 Å². The number of nitrogens with two attached hydrogens (primary N) is 1. The SMILES string of the molecule is NC(C1CC1)C1CCN(Cc2ccccc2)C1. The third-order valence-electron chi connectivity index (χ3n) is 4.27. The monoisotopic (exact) mass is 230 g/mol. The van der Waals surface area contributed by atoms with E-state index >= 15 is 0 Å². The first-order valence-corrected chi connectivity index (χ1v) is 6.85. The van der Waals surface area contributed by atoms with E-state index in [1.54, 1.807) is 0 Å². The molecular formula is C15H22N2. The van der Waals surface area contributed by atoms with Crippen LogP contribution in [0.3, 0.4) is 0 Å². The molecule has 2 N–H and O–H groups in total. The number of benzene rings is 1. The molecule has 1 aromatic rings. The molecule has 0 spiro atoms. The molecular weight excluding hydrogens is 208 g/mol. The zero-order chi connectivity index (χ0) is 11.7. The van der Waals surface area contributed by atoms with Gasteiger partial charge in [0.1, 0.15) is 0 Å². The van der Waals surface area contributed by atoms with Gasteiger partial charge in [0.15, 0.2) is 0 Å². The van der Waals surface area contributed by atoms with Crippen LogP contribution in [-0.4, -0.2) is 24.0 Å². The fraction of sp³-hybridized carbons (Fsp3) is 0.600. The van der Waals surface area contributed by atoms with Crippen LogP contribution in [0.2, 0.25) is 0 Å². The van der Waals surface area contributed by atoms with Gasteiger partial charge in [-0.05, 0) is 43.2 Å². The Labute approximate surface area is 104 Å². The summed E-state index contributed by atoms with van der Waals surface area (Å²) < 4.78 is 0. The normalized spacial score (nSPS) is 27.2. The smallest absolute Gasteiger partial charge is 0.0233 e. The standard InChI is InChI=1S/C15H22N2/c16-15(13-6-7-13)14-8-9-17(11-14)10-12-4-2-1-3-5-12/h1-5,13-15H,6-11,16H2. The number of hydrogen-bond acceptors (Lipinski definition) is 2. The van der Waals surface area contributed by atoms with Crippen molar-refractivity contribution in [2.45, 2.75) is 31.8 Å². The maximum Gasteiger partial charge on any atom is 0.0233 e. The average Bonchev–Trinajstić information content (AvgIpc) is 3.11. The number of nitrogens with zero attached hydrogens (tertiary/aromatic N) is 1. The van der Waals surface area contributed by atoms with Crippen molar-refractivity contribution in [2.75, 3.05) is 13.1 Å². The zero-order valence-corrected chi connectivity index (χ0v) is 10.4. The van der Waals surface area contributed by atoms with E-state index in [4.69, 9.17) is 5.73 Å². The summed E-state index contributed by atoms with van der Waals surface area (Å²) in [6.07, 6.45) is 4.04. The Bertz CT molecular complexity index is 358. The Morgan fingerprint density at radius 1 is 1.12 bits per heavy atom. The van der Waals surface area contributed by atoms with Crippen molar-refractivity contribution in [3.63, 3.8) is 0 Å². The minimum Gasteiger partial charge on any atom is -0.327 e. The van der Waals surface area contributed by atoms with Crippen LogP contribution in [0.4, 0.5) is 0 Å². The quantitative estimate of drug-likeness (QED) is 0.859. The first kappa shape index (κ1) is 11.2. The molecule has 92 valence electrons. The molecule has 0 radical (unpaired) electrons. The van der Waals surface area contributed by atoms with E-state index in [2.05, 4.69) is 35.2 Å². The van der Waals surface area contributed by atoms with Crippen molar-refractivity contribution in [3.05, 3.63) is 35.9 Å². The fourth-order valence-electron chi connectivity index (χ4n) is 3.03. The van der Waals surface area contributed by atoms with Crippen LogP contribution in [0.15, 0.2) is 30.3 Å². The van der Waals surface area contributed by atoms with Gasteiger partial charge in [-0.2, -0.15) is 0 Å². The molecule has 2 heteroatoms. The molecule has 1 saturated carbocycles. The van der Waals surface area contributed by atoms with Gasteiger partial charge < -0.3 is 5.73 Å². The largest absolute Gasteiger partial charge is 0.327 e. The summed E-state index contributed by atoms with van der Waals surface area (Å²) in [5.41, 5.74) is 7.74. The number of likely N-dealkylation sites (tertiary alicyclic amines) is 1. The zero-order valence-electron chi connectivity index (χ0n) is 10.4. The predicted molar refractivity (Wildman–Crippen MR) is 70.5 cm³/mol. The summed E-state index contributed by atoms with van der Waals surface area (Å²) >= 11 is 0. The lowest BCUT2D eigenvalue weighted by atomic mass is 9.96. The maximum absolute atomic E-state index is 6.31. The van der Waals surface area contributed by atoms with E-state index in [1.807, 2.05) is 0 Å². The molecule has 2 nitrogen and oxygen atoms in total. The molecule has 2 aliphatic rings. The fourth-order valence-corrected chi connectivity index (χ4v) is 3.03. The molecule has 1 saturated heterocycles. The molecule has 0 bridgehead atoms. The summed E-state index contributed by atoms with van der Waals surface area (Å²) in [5.74, 6) is 1.59.